The number of amides is 5. The van der Waals surface area contributed by atoms with E-state index in [1.165, 1.54) is 11.0 Å². The van der Waals surface area contributed by atoms with E-state index in [2.05, 4.69) is 21.9 Å². The Hall–Kier alpha value is -5.25. The third-order valence-corrected chi connectivity index (χ3v) is 13.6. The average molecular weight is 819 g/mol. The number of sulfonamides is 1. The summed E-state index contributed by atoms with van der Waals surface area (Å²) < 4.78 is 55.8. The van der Waals surface area contributed by atoms with Gasteiger partial charge in [0.05, 0.1) is 34.5 Å². The summed E-state index contributed by atoms with van der Waals surface area (Å²) in [5.74, 6) is -8.05. The molecule has 2 aliphatic heterocycles. The number of aromatic nitrogens is 1. The molecule has 16 heteroatoms. The van der Waals surface area contributed by atoms with E-state index in [4.69, 9.17) is 4.98 Å². The van der Waals surface area contributed by atoms with E-state index in [9.17, 15) is 41.2 Å². The Kier molecular flexibility index (Phi) is 10.7. The van der Waals surface area contributed by atoms with Crippen molar-refractivity contribution in [2.75, 3.05) is 19.6 Å². The summed E-state index contributed by atoms with van der Waals surface area (Å²) in [5.41, 5.74) is -0.263. The number of fused-ring (bicyclic) bond motifs is 1. The number of nitrogens with one attached hydrogen (secondary N) is 3. The van der Waals surface area contributed by atoms with E-state index in [1.54, 1.807) is 45.0 Å². The minimum atomic E-state index is -3.96. The number of benzene rings is 2. The van der Waals surface area contributed by atoms with Crippen LogP contribution in [0, 0.1) is 17.3 Å². The predicted molar refractivity (Wildman–Crippen MR) is 212 cm³/mol. The molecular weight excluding hydrogens is 771 g/mol. The van der Waals surface area contributed by atoms with Crippen molar-refractivity contribution in [3.63, 3.8) is 0 Å². The zero-order valence-corrected chi connectivity index (χ0v) is 33.5. The largest absolute Gasteiger partial charge is 0.347 e. The number of rotatable bonds is 12. The van der Waals surface area contributed by atoms with Gasteiger partial charge in [-0.15, -0.1) is 6.58 Å². The molecule has 2 saturated heterocycles. The zero-order valence-electron chi connectivity index (χ0n) is 32.7. The van der Waals surface area contributed by atoms with Gasteiger partial charge in [-0.1, -0.05) is 75.4 Å². The molecule has 7 rings (SSSR count). The standard InChI is InChI=1S/C42H48F2N6O7S/c1-5-26-22-42(26,39(55)48-58(56,57)28-15-16-28)47-37(53)34-19-27(23-50(34)38(54)31(40(2,3)4)21-35(51)49-18-17-41(43,44)24-49)45-36(52)30-20-33(25-11-7-6-8-12-25)46-32-14-10-9-13-29(30)32/h5-14,20,26-28,31,34H,1,15-19,21-24H2,2-4H3,(H,45,52)(H,47,53)(H,48,55)/t26-,27-,31-,34+,42-/m1/s1. The van der Waals surface area contributed by atoms with Crippen molar-refractivity contribution in [1.82, 2.24) is 30.1 Å². The monoisotopic (exact) mass is 818 g/mol. The SMILES string of the molecule is C=C[C@@H]1C[C@]1(NC(=O)[C@@H]1C[C@@H](NC(=O)c2cc(-c3ccccc3)nc3ccccc23)CN1C(=O)[C@@H](CC(=O)N1CCC(F)(F)C1)C(C)(C)C)C(=O)NS(=O)(=O)C1CC1. The van der Waals surface area contributed by atoms with Crippen molar-refractivity contribution in [2.45, 2.75) is 88.1 Å². The maximum atomic E-state index is 14.7. The Balaban J connectivity index is 1.18. The van der Waals surface area contributed by atoms with Gasteiger partial charge >= 0.3 is 0 Å². The summed E-state index contributed by atoms with van der Waals surface area (Å²) >= 11 is 0. The van der Waals surface area contributed by atoms with Gasteiger partial charge in [0.15, 0.2) is 0 Å². The van der Waals surface area contributed by atoms with E-state index in [-0.39, 0.29) is 25.9 Å². The second kappa shape index (κ2) is 15.2. The van der Waals surface area contributed by atoms with E-state index >= 15 is 0 Å². The van der Waals surface area contributed by atoms with E-state index in [1.807, 2.05) is 36.4 Å². The topological polar surface area (TPSA) is 175 Å². The van der Waals surface area contributed by atoms with E-state index in [0.29, 0.717) is 35.0 Å². The summed E-state index contributed by atoms with van der Waals surface area (Å²) in [6.45, 7) is 7.92. The fourth-order valence-electron chi connectivity index (χ4n) is 8.05. The van der Waals surface area contributed by atoms with Crippen molar-refractivity contribution < 1.29 is 41.2 Å². The lowest BCUT2D eigenvalue weighted by atomic mass is 9.77. The van der Waals surface area contributed by atoms with Crippen LogP contribution in [0.15, 0.2) is 73.3 Å². The molecule has 58 heavy (non-hydrogen) atoms. The minimum absolute atomic E-state index is 0.0769. The fourth-order valence-corrected chi connectivity index (χ4v) is 9.42. The third-order valence-electron chi connectivity index (χ3n) is 11.7. The molecule has 2 saturated carbocycles. The summed E-state index contributed by atoms with van der Waals surface area (Å²) in [7, 11) is -3.96. The molecule has 0 bridgehead atoms. The van der Waals surface area contributed by atoms with Gasteiger partial charge in [-0.2, -0.15) is 0 Å². The average Bonchev–Trinajstić information content (AvgIpc) is 4.08. The smallest absolute Gasteiger partial charge is 0.267 e. The lowest BCUT2D eigenvalue weighted by molar-refractivity contribution is -0.148. The number of hydrogen-bond acceptors (Lipinski definition) is 8. The Morgan fingerprint density at radius 3 is 2.34 bits per heavy atom. The van der Waals surface area contributed by atoms with Crippen LogP contribution in [0.3, 0.4) is 0 Å². The lowest BCUT2D eigenvalue weighted by Gasteiger charge is -2.35. The number of halogens is 2. The van der Waals surface area contributed by atoms with E-state index in [0.717, 1.165) is 10.5 Å². The van der Waals surface area contributed by atoms with Gasteiger partial charge in [0.2, 0.25) is 27.7 Å². The molecule has 4 fully saturated rings. The molecule has 0 radical (unpaired) electrons. The van der Waals surface area contributed by atoms with Crippen molar-refractivity contribution in [1.29, 1.82) is 0 Å². The second-order valence-electron chi connectivity index (χ2n) is 17.1. The molecule has 2 aliphatic carbocycles. The summed E-state index contributed by atoms with van der Waals surface area (Å²) in [5, 5.41) is 5.64. The number of pyridine rings is 1. The van der Waals surface area contributed by atoms with Crippen molar-refractivity contribution >= 4 is 50.5 Å². The highest BCUT2D eigenvalue weighted by molar-refractivity contribution is 7.91. The number of carbonyl (C=O) groups excluding carboxylic acids is 5. The highest BCUT2D eigenvalue weighted by Gasteiger charge is 2.62. The van der Waals surface area contributed by atoms with Crippen LogP contribution in [0.5, 0.6) is 0 Å². The first-order chi connectivity index (χ1) is 27.3. The maximum Gasteiger partial charge on any atom is 0.267 e. The van der Waals surface area contributed by atoms with Crippen LogP contribution in [-0.2, 0) is 29.2 Å². The van der Waals surface area contributed by atoms with Crippen LogP contribution < -0.4 is 15.4 Å². The summed E-state index contributed by atoms with van der Waals surface area (Å²) in [6, 6.07) is 16.1. The normalized spacial score (nSPS) is 24.5. The van der Waals surface area contributed by atoms with Crippen LogP contribution in [0.1, 0.15) is 69.7 Å². The minimum Gasteiger partial charge on any atom is -0.347 e. The number of para-hydroxylation sites is 1. The van der Waals surface area contributed by atoms with Crippen LogP contribution in [0.4, 0.5) is 8.78 Å². The Morgan fingerprint density at radius 2 is 1.72 bits per heavy atom. The molecule has 4 aliphatic rings. The number of hydrogen-bond donors (Lipinski definition) is 3. The number of carbonyl (C=O) groups is 5. The number of nitrogens with zero attached hydrogens (tertiary/aromatic N) is 3. The van der Waals surface area contributed by atoms with Crippen LogP contribution in [0.2, 0.25) is 0 Å². The Bertz CT molecular complexity index is 2280. The maximum absolute atomic E-state index is 14.7. The molecule has 1 aromatic heterocycles. The van der Waals surface area contributed by atoms with Crippen LogP contribution >= 0.6 is 0 Å². The Labute approximate surface area is 336 Å². The van der Waals surface area contributed by atoms with Gasteiger partial charge in [-0.25, -0.2) is 22.2 Å². The zero-order chi connectivity index (χ0) is 41.8. The molecule has 3 N–H and O–H groups in total. The molecule has 0 spiro atoms. The summed E-state index contributed by atoms with van der Waals surface area (Å²) in [6.07, 6.45) is 1.40. The predicted octanol–water partition coefficient (Wildman–Crippen LogP) is 4.19. The Morgan fingerprint density at radius 1 is 1.03 bits per heavy atom. The molecule has 5 atom stereocenters. The molecule has 0 unspecified atom stereocenters. The second-order valence-corrected chi connectivity index (χ2v) is 19.0. The fraction of sp³-hybridized carbons (Fsp3) is 0.476. The number of alkyl halides is 2. The highest BCUT2D eigenvalue weighted by Crippen LogP contribution is 2.46. The molecular formula is C42H48F2N6O7S. The molecule has 3 aromatic rings. The third kappa shape index (κ3) is 8.34. The van der Waals surface area contributed by atoms with Crippen LogP contribution in [0.25, 0.3) is 22.2 Å². The molecule has 5 amide bonds. The first kappa shape index (κ1) is 40.9. The molecule has 3 heterocycles. The van der Waals surface area contributed by atoms with Gasteiger partial charge in [-0.05, 0) is 43.2 Å². The number of likely N-dealkylation sites (tertiary alicyclic amines) is 2. The van der Waals surface area contributed by atoms with Gasteiger partial charge < -0.3 is 20.4 Å². The van der Waals surface area contributed by atoms with Crippen LogP contribution in [-0.4, -0.2) is 101 Å². The van der Waals surface area contributed by atoms with Crippen molar-refractivity contribution in [2.24, 2.45) is 17.3 Å². The lowest BCUT2D eigenvalue weighted by Crippen LogP contribution is -2.57. The molecule has 13 nitrogen and oxygen atoms in total. The quantitative estimate of drug-likeness (QED) is 0.228. The van der Waals surface area contributed by atoms with Gasteiger partial charge in [0, 0.05) is 48.8 Å². The first-order valence-electron chi connectivity index (χ1n) is 19.5. The van der Waals surface area contributed by atoms with Gasteiger partial charge in [-0.3, -0.25) is 28.7 Å². The van der Waals surface area contributed by atoms with Crippen molar-refractivity contribution in [3.05, 3.63) is 78.9 Å². The van der Waals surface area contributed by atoms with E-state index < -0.39 is 105 Å². The van der Waals surface area contributed by atoms with Gasteiger partial charge in [0.1, 0.15) is 11.6 Å². The summed E-state index contributed by atoms with van der Waals surface area (Å²) in [4.78, 5) is 77.4. The molecule has 308 valence electrons. The van der Waals surface area contributed by atoms with Gasteiger partial charge in [0.25, 0.3) is 17.7 Å². The molecule has 2 aromatic carbocycles. The van der Waals surface area contributed by atoms with Crippen molar-refractivity contribution in [3.8, 4) is 11.3 Å². The first-order valence-corrected chi connectivity index (χ1v) is 21.1. The highest BCUT2D eigenvalue weighted by atomic mass is 32.2.